The molecule has 22 heavy (non-hydrogen) atoms. The van der Waals surface area contributed by atoms with Crippen molar-refractivity contribution in [1.29, 1.82) is 0 Å². The molecule has 1 rings (SSSR count). The van der Waals surface area contributed by atoms with Crippen molar-refractivity contribution in [2.75, 3.05) is 20.3 Å². The number of nitrogens with one attached hydrogen (secondary N) is 1. The molecule has 0 aliphatic rings. The average molecular weight is 330 g/mol. The summed E-state index contributed by atoms with van der Waals surface area (Å²) in [4.78, 5) is 22.8. The smallest absolute Gasteiger partial charge is 0.326 e. The first-order valence-corrected chi connectivity index (χ1v) is 7.13. The van der Waals surface area contributed by atoms with E-state index in [4.69, 9.17) is 26.2 Å². The first-order chi connectivity index (χ1) is 10.3. The molecule has 0 bridgehead atoms. The Hall–Kier alpha value is -1.79. The van der Waals surface area contributed by atoms with Crippen molar-refractivity contribution in [2.45, 2.75) is 26.3 Å². The lowest BCUT2D eigenvalue weighted by molar-refractivity contribution is -0.142. The Bertz CT molecular complexity index is 524. The molecule has 0 spiro atoms. The topological polar surface area (TPSA) is 84.9 Å². The predicted octanol–water partition coefficient (Wildman–Crippen LogP) is 1.94. The van der Waals surface area contributed by atoms with Crippen LogP contribution in [-0.2, 0) is 14.3 Å². The second-order valence-corrected chi connectivity index (χ2v) is 5.28. The van der Waals surface area contributed by atoms with Gasteiger partial charge in [0.25, 0.3) is 5.91 Å². The monoisotopic (exact) mass is 329 g/mol. The molecule has 6 nitrogen and oxygen atoms in total. The summed E-state index contributed by atoms with van der Waals surface area (Å²) in [5.74, 6) is -1.10. The molecule has 0 aromatic heterocycles. The van der Waals surface area contributed by atoms with E-state index in [9.17, 15) is 9.59 Å². The molecule has 0 fully saturated rings. The number of halogens is 1. The molecule has 0 saturated heterocycles. The van der Waals surface area contributed by atoms with E-state index in [1.807, 2.05) is 13.8 Å². The second kappa shape index (κ2) is 8.60. The molecule has 1 aromatic carbocycles. The van der Waals surface area contributed by atoms with Gasteiger partial charge in [-0.15, -0.1) is 0 Å². The van der Waals surface area contributed by atoms with Crippen LogP contribution in [-0.4, -0.2) is 43.3 Å². The zero-order valence-electron chi connectivity index (χ0n) is 12.8. The molecule has 0 aliphatic carbocycles. The highest BCUT2D eigenvalue weighted by Gasteiger charge is 2.19. The fourth-order valence-corrected chi connectivity index (χ4v) is 1.98. The van der Waals surface area contributed by atoms with Crippen molar-refractivity contribution in [3.05, 3.63) is 28.3 Å². The Morgan fingerprint density at radius 2 is 1.91 bits per heavy atom. The van der Waals surface area contributed by atoms with Gasteiger partial charge in [0, 0.05) is 25.2 Å². The van der Waals surface area contributed by atoms with Gasteiger partial charge in [0.05, 0.1) is 0 Å². The van der Waals surface area contributed by atoms with E-state index in [2.05, 4.69) is 5.32 Å². The van der Waals surface area contributed by atoms with Gasteiger partial charge in [0.2, 0.25) is 0 Å². The number of amides is 1. The van der Waals surface area contributed by atoms with Crippen molar-refractivity contribution < 1.29 is 24.2 Å². The lowest BCUT2D eigenvalue weighted by Crippen LogP contribution is -2.43. The predicted molar refractivity (Wildman–Crippen MR) is 82.5 cm³/mol. The van der Waals surface area contributed by atoms with Gasteiger partial charge in [-0.25, -0.2) is 4.79 Å². The summed E-state index contributed by atoms with van der Waals surface area (Å²) in [5.41, 5.74) is 1.70. The van der Waals surface area contributed by atoms with Crippen molar-refractivity contribution >= 4 is 23.5 Å². The Morgan fingerprint density at radius 1 is 1.32 bits per heavy atom. The van der Waals surface area contributed by atoms with Crippen LogP contribution in [0.5, 0.6) is 5.75 Å². The van der Waals surface area contributed by atoms with Gasteiger partial charge in [0.15, 0.2) is 6.61 Å². The number of carbonyl (C=O) groups is 2. The summed E-state index contributed by atoms with van der Waals surface area (Å²) < 4.78 is 10.2. The van der Waals surface area contributed by atoms with Gasteiger partial charge < -0.3 is 19.9 Å². The van der Waals surface area contributed by atoms with Crippen LogP contribution in [0.25, 0.3) is 0 Å². The zero-order chi connectivity index (χ0) is 16.7. The van der Waals surface area contributed by atoms with E-state index < -0.39 is 17.9 Å². The van der Waals surface area contributed by atoms with E-state index in [-0.39, 0.29) is 19.6 Å². The minimum Gasteiger partial charge on any atom is -0.484 e. The van der Waals surface area contributed by atoms with Crippen LogP contribution < -0.4 is 10.1 Å². The van der Waals surface area contributed by atoms with Crippen LogP contribution in [0, 0.1) is 13.8 Å². The number of rotatable bonds is 8. The molecule has 2 N–H and O–H groups in total. The number of ether oxygens (including phenoxy) is 2. The van der Waals surface area contributed by atoms with Gasteiger partial charge >= 0.3 is 5.97 Å². The highest BCUT2D eigenvalue weighted by atomic mass is 35.5. The fourth-order valence-electron chi connectivity index (χ4n) is 1.87. The van der Waals surface area contributed by atoms with Gasteiger partial charge in [0.1, 0.15) is 11.8 Å². The first kappa shape index (κ1) is 18.3. The molecule has 1 unspecified atom stereocenters. The van der Waals surface area contributed by atoms with Crippen molar-refractivity contribution in [3.8, 4) is 5.75 Å². The number of carboxylic acids is 1. The number of hydrogen-bond acceptors (Lipinski definition) is 4. The molecule has 1 atom stereocenters. The second-order valence-electron chi connectivity index (χ2n) is 4.90. The molecule has 0 radical (unpaired) electrons. The maximum Gasteiger partial charge on any atom is 0.326 e. The number of carboxylic acid groups (broad SMARTS) is 1. The van der Waals surface area contributed by atoms with E-state index >= 15 is 0 Å². The zero-order valence-corrected chi connectivity index (χ0v) is 13.6. The van der Waals surface area contributed by atoms with Gasteiger partial charge in [-0.3, -0.25) is 4.79 Å². The standard InChI is InChI=1S/C15H20ClNO5/c1-9-6-11(7-10(2)14(9)16)22-8-13(18)17-12(15(19)20)4-5-21-3/h6-7,12H,4-5,8H2,1-3H3,(H,17,18)(H,19,20). The summed E-state index contributed by atoms with van der Waals surface area (Å²) in [6.07, 6.45) is 0.191. The molecule has 1 aromatic rings. The van der Waals surface area contributed by atoms with Gasteiger partial charge in [-0.1, -0.05) is 11.6 Å². The largest absolute Gasteiger partial charge is 0.484 e. The molecule has 0 aliphatic heterocycles. The van der Waals surface area contributed by atoms with Gasteiger partial charge in [-0.2, -0.15) is 0 Å². The van der Waals surface area contributed by atoms with E-state index in [0.29, 0.717) is 10.8 Å². The number of benzene rings is 1. The van der Waals surface area contributed by atoms with Crippen molar-refractivity contribution in [3.63, 3.8) is 0 Å². The lowest BCUT2D eigenvalue weighted by Gasteiger charge is -2.15. The first-order valence-electron chi connectivity index (χ1n) is 6.75. The van der Waals surface area contributed by atoms with E-state index in [0.717, 1.165) is 11.1 Å². The minimum absolute atomic E-state index is 0.191. The fraction of sp³-hybridized carbons (Fsp3) is 0.467. The molecule has 1 amide bonds. The maximum atomic E-state index is 11.8. The van der Waals surface area contributed by atoms with Crippen LogP contribution in [0.2, 0.25) is 5.02 Å². The molecule has 122 valence electrons. The SMILES string of the molecule is COCCC(NC(=O)COc1cc(C)c(Cl)c(C)c1)C(=O)O. The minimum atomic E-state index is -1.11. The summed E-state index contributed by atoms with van der Waals surface area (Å²) in [7, 11) is 1.47. The van der Waals surface area contributed by atoms with Crippen LogP contribution in [0.1, 0.15) is 17.5 Å². The maximum absolute atomic E-state index is 11.8. The van der Waals surface area contributed by atoms with Crippen LogP contribution in [0.3, 0.4) is 0 Å². The molecule has 0 heterocycles. The molecule has 0 saturated carbocycles. The van der Waals surface area contributed by atoms with E-state index in [1.54, 1.807) is 12.1 Å². The Balaban J connectivity index is 2.56. The number of aliphatic carboxylic acids is 1. The van der Waals surface area contributed by atoms with Crippen LogP contribution >= 0.6 is 11.6 Å². The third-order valence-electron chi connectivity index (χ3n) is 3.02. The third-order valence-corrected chi connectivity index (χ3v) is 3.62. The number of carbonyl (C=O) groups excluding carboxylic acids is 1. The lowest BCUT2D eigenvalue weighted by atomic mass is 10.1. The summed E-state index contributed by atoms with van der Waals surface area (Å²) >= 11 is 6.05. The normalized spacial score (nSPS) is 11.8. The quantitative estimate of drug-likeness (QED) is 0.761. The number of methoxy groups -OCH3 is 1. The van der Waals surface area contributed by atoms with Crippen molar-refractivity contribution in [1.82, 2.24) is 5.32 Å². The van der Waals surface area contributed by atoms with Crippen LogP contribution in [0.4, 0.5) is 0 Å². The molecular formula is C15H20ClNO5. The Labute approximate surface area is 134 Å². The highest BCUT2D eigenvalue weighted by Crippen LogP contribution is 2.25. The highest BCUT2D eigenvalue weighted by molar-refractivity contribution is 6.32. The van der Waals surface area contributed by atoms with Gasteiger partial charge in [-0.05, 0) is 37.1 Å². The molecular weight excluding hydrogens is 310 g/mol. The van der Waals surface area contributed by atoms with Crippen molar-refractivity contribution in [2.24, 2.45) is 0 Å². The summed E-state index contributed by atoms with van der Waals surface area (Å²) in [6.45, 7) is 3.66. The third kappa shape index (κ3) is 5.54. The van der Waals surface area contributed by atoms with E-state index in [1.165, 1.54) is 7.11 Å². The average Bonchev–Trinajstić information content (AvgIpc) is 2.46. The Kier molecular flexibility index (Phi) is 7.14. The summed E-state index contributed by atoms with van der Waals surface area (Å²) in [5, 5.41) is 12.1. The number of aryl methyl sites for hydroxylation is 2. The summed E-state index contributed by atoms with van der Waals surface area (Å²) in [6, 6.07) is 2.45. The Morgan fingerprint density at radius 3 is 2.41 bits per heavy atom. The van der Waals surface area contributed by atoms with Crippen LogP contribution in [0.15, 0.2) is 12.1 Å². The number of hydrogen-bond donors (Lipinski definition) is 2. The molecule has 7 heteroatoms.